The van der Waals surface area contributed by atoms with Crippen molar-refractivity contribution in [3.05, 3.63) is 24.0 Å². The Morgan fingerprint density at radius 2 is 2.27 bits per heavy atom. The predicted molar refractivity (Wildman–Crippen MR) is 58.6 cm³/mol. The van der Waals surface area contributed by atoms with E-state index in [1.165, 1.54) is 18.4 Å². The molecule has 0 aliphatic carbocycles. The highest BCUT2D eigenvalue weighted by atomic mass is 16.5. The molecule has 1 aromatic rings. The summed E-state index contributed by atoms with van der Waals surface area (Å²) in [5.41, 5.74) is 1.92. The molecule has 3 nitrogen and oxygen atoms in total. The molecule has 2 aliphatic rings. The molecule has 2 saturated heterocycles. The number of nitrogens with one attached hydrogen (secondary N) is 1. The van der Waals surface area contributed by atoms with E-state index in [1.807, 2.05) is 0 Å². The lowest BCUT2D eigenvalue weighted by Gasteiger charge is -2.52. The van der Waals surface area contributed by atoms with Crippen LogP contribution in [0.15, 0.2) is 18.5 Å². The zero-order valence-electron chi connectivity index (χ0n) is 9.20. The van der Waals surface area contributed by atoms with Gasteiger partial charge in [0.25, 0.3) is 0 Å². The first-order chi connectivity index (χ1) is 7.30. The van der Waals surface area contributed by atoms with Gasteiger partial charge in [-0.3, -0.25) is 0 Å². The molecule has 0 radical (unpaired) electrons. The summed E-state index contributed by atoms with van der Waals surface area (Å²) in [6, 6.07) is 2.79. The first kappa shape index (κ1) is 9.43. The summed E-state index contributed by atoms with van der Waals surface area (Å²) in [6.07, 6.45) is 6.77. The van der Waals surface area contributed by atoms with E-state index in [4.69, 9.17) is 4.74 Å². The second-order valence-corrected chi connectivity index (χ2v) is 4.90. The van der Waals surface area contributed by atoms with Gasteiger partial charge < -0.3 is 14.6 Å². The van der Waals surface area contributed by atoms with Crippen molar-refractivity contribution in [2.24, 2.45) is 12.5 Å². The lowest BCUT2D eigenvalue weighted by molar-refractivity contribution is -0.0479. The summed E-state index contributed by atoms with van der Waals surface area (Å²) in [5, 5.41) is 3.57. The molecule has 3 rings (SSSR count). The largest absolute Gasteiger partial charge is 0.381 e. The fourth-order valence-corrected chi connectivity index (χ4v) is 2.90. The summed E-state index contributed by atoms with van der Waals surface area (Å²) in [6.45, 7) is 3.03. The second-order valence-electron chi connectivity index (χ2n) is 4.90. The molecule has 15 heavy (non-hydrogen) atoms. The van der Waals surface area contributed by atoms with Crippen molar-refractivity contribution in [1.29, 1.82) is 0 Å². The lowest BCUT2D eigenvalue weighted by atomic mass is 9.66. The fraction of sp³-hybridized carbons (Fsp3) is 0.667. The van der Waals surface area contributed by atoms with Crippen LogP contribution in [0.3, 0.4) is 0 Å². The number of aryl methyl sites for hydroxylation is 1. The third kappa shape index (κ3) is 1.42. The van der Waals surface area contributed by atoms with E-state index in [-0.39, 0.29) is 0 Å². The van der Waals surface area contributed by atoms with Gasteiger partial charge in [0.15, 0.2) is 0 Å². The molecule has 3 heterocycles. The number of aromatic nitrogens is 1. The van der Waals surface area contributed by atoms with Crippen LogP contribution in [0.25, 0.3) is 0 Å². The molecule has 0 amide bonds. The fourth-order valence-electron chi connectivity index (χ4n) is 2.90. The molecule has 1 aromatic heterocycles. The lowest BCUT2D eigenvalue weighted by Crippen LogP contribution is -2.58. The molecule has 0 aromatic carbocycles. The third-order valence-electron chi connectivity index (χ3n) is 3.95. The Balaban J connectivity index is 1.82. The minimum atomic E-state index is 0.486. The van der Waals surface area contributed by atoms with E-state index in [9.17, 15) is 0 Å². The molecule has 1 N–H and O–H groups in total. The molecule has 82 valence electrons. The van der Waals surface area contributed by atoms with Crippen molar-refractivity contribution in [2.75, 3.05) is 19.8 Å². The van der Waals surface area contributed by atoms with Crippen LogP contribution in [-0.2, 0) is 11.8 Å². The van der Waals surface area contributed by atoms with Crippen LogP contribution in [0.5, 0.6) is 0 Å². The highest BCUT2D eigenvalue weighted by molar-refractivity contribution is 5.23. The highest BCUT2D eigenvalue weighted by Crippen LogP contribution is 2.48. The molecule has 1 unspecified atom stereocenters. The van der Waals surface area contributed by atoms with E-state index < -0.39 is 0 Å². The van der Waals surface area contributed by atoms with Crippen LogP contribution in [0.2, 0.25) is 0 Å². The Morgan fingerprint density at radius 3 is 2.80 bits per heavy atom. The Morgan fingerprint density at radius 1 is 1.47 bits per heavy atom. The van der Waals surface area contributed by atoms with E-state index >= 15 is 0 Å². The van der Waals surface area contributed by atoms with E-state index in [1.54, 1.807) is 0 Å². The maximum Gasteiger partial charge on any atom is 0.0472 e. The molecule has 2 fully saturated rings. The van der Waals surface area contributed by atoms with E-state index in [0.717, 1.165) is 19.8 Å². The standard InChI is InChI=1S/C12H18N2O/c1-14-5-2-10(8-14)11-12(9-13-11)3-6-15-7-4-12/h2,5,8,11,13H,3-4,6-7,9H2,1H3. The Kier molecular flexibility index (Phi) is 2.11. The van der Waals surface area contributed by atoms with Crippen LogP contribution in [-0.4, -0.2) is 24.3 Å². The zero-order valence-corrected chi connectivity index (χ0v) is 9.20. The number of rotatable bonds is 1. The van der Waals surface area contributed by atoms with Gasteiger partial charge in [-0.1, -0.05) is 0 Å². The number of hydrogen-bond donors (Lipinski definition) is 1. The molecule has 1 atom stereocenters. The zero-order chi connectivity index (χ0) is 10.3. The van der Waals surface area contributed by atoms with Crippen molar-refractivity contribution in [3.63, 3.8) is 0 Å². The summed E-state index contributed by atoms with van der Waals surface area (Å²) < 4.78 is 7.58. The van der Waals surface area contributed by atoms with Crippen LogP contribution >= 0.6 is 0 Å². The minimum absolute atomic E-state index is 0.486. The SMILES string of the molecule is Cn1ccc(C2NCC23CCOCC3)c1. The van der Waals surface area contributed by atoms with Crippen molar-refractivity contribution >= 4 is 0 Å². The number of ether oxygens (including phenoxy) is 1. The van der Waals surface area contributed by atoms with Crippen LogP contribution in [0.1, 0.15) is 24.4 Å². The van der Waals surface area contributed by atoms with Crippen molar-refractivity contribution in [2.45, 2.75) is 18.9 Å². The van der Waals surface area contributed by atoms with Crippen LogP contribution < -0.4 is 5.32 Å². The first-order valence-electron chi connectivity index (χ1n) is 5.73. The van der Waals surface area contributed by atoms with Gasteiger partial charge in [0.1, 0.15) is 0 Å². The summed E-state index contributed by atoms with van der Waals surface area (Å²) in [7, 11) is 2.08. The van der Waals surface area contributed by atoms with Gasteiger partial charge in [-0.15, -0.1) is 0 Å². The molecule has 3 heteroatoms. The van der Waals surface area contributed by atoms with Gasteiger partial charge in [0, 0.05) is 50.7 Å². The van der Waals surface area contributed by atoms with Gasteiger partial charge in [-0.25, -0.2) is 0 Å². The molecule has 1 spiro atoms. The molecule has 0 bridgehead atoms. The van der Waals surface area contributed by atoms with Gasteiger partial charge in [-0.2, -0.15) is 0 Å². The van der Waals surface area contributed by atoms with Crippen molar-refractivity contribution < 1.29 is 4.74 Å². The van der Waals surface area contributed by atoms with Crippen molar-refractivity contribution in [1.82, 2.24) is 9.88 Å². The normalized spacial score (nSPS) is 29.0. The van der Waals surface area contributed by atoms with Gasteiger partial charge in [-0.05, 0) is 24.5 Å². The Bertz CT molecular complexity index is 352. The average molecular weight is 206 g/mol. The van der Waals surface area contributed by atoms with Gasteiger partial charge in [0.05, 0.1) is 0 Å². The molecule has 0 saturated carbocycles. The predicted octanol–water partition coefficient (Wildman–Crippen LogP) is 1.47. The first-order valence-corrected chi connectivity index (χ1v) is 5.73. The van der Waals surface area contributed by atoms with E-state index in [0.29, 0.717) is 11.5 Å². The average Bonchev–Trinajstić information content (AvgIpc) is 2.64. The summed E-state index contributed by atoms with van der Waals surface area (Å²) >= 11 is 0. The number of nitrogens with zero attached hydrogens (tertiary/aromatic N) is 1. The Hall–Kier alpha value is -0.800. The summed E-state index contributed by atoms with van der Waals surface area (Å²) in [5.74, 6) is 0. The molecule has 2 aliphatic heterocycles. The monoisotopic (exact) mass is 206 g/mol. The van der Waals surface area contributed by atoms with Crippen LogP contribution in [0.4, 0.5) is 0 Å². The molecular weight excluding hydrogens is 188 g/mol. The van der Waals surface area contributed by atoms with Crippen molar-refractivity contribution in [3.8, 4) is 0 Å². The maximum atomic E-state index is 5.46. The minimum Gasteiger partial charge on any atom is -0.381 e. The number of hydrogen-bond acceptors (Lipinski definition) is 2. The third-order valence-corrected chi connectivity index (χ3v) is 3.95. The van der Waals surface area contributed by atoms with Crippen LogP contribution in [0, 0.1) is 5.41 Å². The van der Waals surface area contributed by atoms with E-state index in [2.05, 4.69) is 35.4 Å². The topological polar surface area (TPSA) is 26.2 Å². The quantitative estimate of drug-likeness (QED) is 0.753. The molecular formula is C12H18N2O. The smallest absolute Gasteiger partial charge is 0.0472 e. The van der Waals surface area contributed by atoms with Gasteiger partial charge in [0.2, 0.25) is 0 Å². The maximum absolute atomic E-state index is 5.46. The second kappa shape index (κ2) is 3.35. The summed E-state index contributed by atoms with van der Waals surface area (Å²) in [4.78, 5) is 0. The Labute approximate surface area is 90.4 Å². The highest BCUT2D eigenvalue weighted by Gasteiger charge is 2.47. The van der Waals surface area contributed by atoms with Gasteiger partial charge >= 0.3 is 0 Å².